The van der Waals surface area contributed by atoms with Crippen molar-refractivity contribution in [3.8, 4) is 0 Å². The molecular weight excluding hydrogens is 400 g/mol. The normalized spacial score (nSPS) is 18.8. The van der Waals surface area contributed by atoms with Gasteiger partial charge in [0.05, 0.1) is 5.56 Å². The first kappa shape index (κ1) is 22.3. The Hall–Kier alpha value is -2.86. The third kappa shape index (κ3) is 5.13. The van der Waals surface area contributed by atoms with E-state index < -0.39 is 6.04 Å². The molecule has 2 aromatic carbocycles. The van der Waals surface area contributed by atoms with E-state index in [1.807, 2.05) is 48.2 Å². The van der Waals surface area contributed by atoms with Gasteiger partial charge in [0.1, 0.15) is 6.04 Å². The molecule has 1 unspecified atom stereocenters. The first-order valence-electron chi connectivity index (χ1n) is 11.7. The van der Waals surface area contributed by atoms with E-state index in [2.05, 4.69) is 10.6 Å². The predicted molar refractivity (Wildman–Crippen MR) is 127 cm³/mol. The van der Waals surface area contributed by atoms with Crippen LogP contribution in [-0.2, 0) is 4.79 Å². The summed E-state index contributed by atoms with van der Waals surface area (Å²) >= 11 is 0. The van der Waals surface area contributed by atoms with Crippen molar-refractivity contribution in [3.05, 3.63) is 65.2 Å². The molecule has 4 N–H and O–H groups in total. The Morgan fingerprint density at radius 3 is 2.34 bits per heavy atom. The highest BCUT2D eigenvalue weighted by molar-refractivity contribution is 6.01. The van der Waals surface area contributed by atoms with Gasteiger partial charge < -0.3 is 21.3 Å². The number of carbonyl (C=O) groups is 2. The summed E-state index contributed by atoms with van der Waals surface area (Å²) in [5, 5.41) is 6.41. The molecule has 2 aliphatic rings. The lowest BCUT2D eigenvalue weighted by molar-refractivity contribution is -0.135. The maximum absolute atomic E-state index is 13.6. The summed E-state index contributed by atoms with van der Waals surface area (Å²) < 4.78 is 0. The van der Waals surface area contributed by atoms with Gasteiger partial charge in [-0.05, 0) is 75.2 Å². The number of rotatable bonds is 5. The second-order valence-corrected chi connectivity index (χ2v) is 9.16. The highest BCUT2D eigenvalue weighted by Gasteiger charge is 2.33. The molecule has 2 aromatic rings. The zero-order valence-corrected chi connectivity index (χ0v) is 18.8. The van der Waals surface area contributed by atoms with Crippen LogP contribution >= 0.6 is 0 Å². The number of nitrogens with two attached hydrogens (primary N) is 1. The molecule has 0 spiro atoms. The predicted octanol–water partition coefficient (Wildman–Crippen LogP) is 3.29. The maximum atomic E-state index is 13.6. The molecule has 2 heterocycles. The summed E-state index contributed by atoms with van der Waals surface area (Å²) in [5.74, 6) is 1.10. The molecule has 2 aliphatic heterocycles. The monoisotopic (exact) mass is 434 g/mol. The minimum Gasteiger partial charge on any atom is -0.398 e. The first-order valence-corrected chi connectivity index (χ1v) is 11.7. The second kappa shape index (κ2) is 10.2. The van der Waals surface area contributed by atoms with Gasteiger partial charge in [-0.25, -0.2) is 0 Å². The summed E-state index contributed by atoms with van der Waals surface area (Å²) in [6.07, 6.45) is 4.55. The number of carbonyl (C=O) groups excluding carboxylic acids is 2. The van der Waals surface area contributed by atoms with Gasteiger partial charge in [-0.1, -0.05) is 42.0 Å². The standard InChI is InChI=1S/C26H34N4O2/c1-18-7-8-23(27)22(17-18)25(31)29-24(21-5-3-2-4-6-21)26(32)30-15-11-20(12-16-30)19-9-13-28-14-10-19/h2-8,17,19-20,24,28H,9-16,27H2,1H3,(H,29,31). The number of likely N-dealkylation sites (tertiary alicyclic amines) is 1. The van der Waals surface area contributed by atoms with Crippen LogP contribution in [0.1, 0.15) is 53.2 Å². The van der Waals surface area contributed by atoms with Gasteiger partial charge in [0.25, 0.3) is 5.91 Å². The van der Waals surface area contributed by atoms with E-state index in [9.17, 15) is 9.59 Å². The highest BCUT2D eigenvalue weighted by atomic mass is 16.2. The van der Waals surface area contributed by atoms with Crippen molar-refractivity contribution >= 4 is 17.5 Å². The lowest BCUT2D eigenvalue weighted by Gasteiger charge is -2.39. The summed E-state index contributed by atoms with van der Waals surface area (Å²) in [7, 11) is 0. The van der Waals surface area contributed by atoms with Crippen molar-refractivity contribution in [2.75, 3.05) is 31.9 Å². The molecule has 0 aromatic heterocycles. The lowest BCUT2D eigenvalue weighted by atomic mass is 9.79. The van der Waals surface area contributed by atoms with E-state index in [0.29, 0.717) is 17.2 Å². The van der Waals surface area contributed by atoms with Gasteiger partial charge in [-0.15, -0.1) is 0 Å². The van der Waals surface area contributed by atoms with Crippen LogP contribution in [0.2, 0.25) is 0 Å². The molecule has 6 heteroatoms. The Bertz CT molecular complexity index is 932. The summed E-state index contributed by atoms with van der Waals surface area (Å²) in [5.41, 5.74) is 8.61. The number of aryl methyl sites for hydroxylation is 1. The van der Waals surface area contributed by atoms with Crippen molar-refractivity contribution in [1.29, 1.82) is 0 Å². The number of piperidine rings is 2. The van der Waals surface area contributed by atoms with Crippen LogP contribution in [0.4, 0.5) is 5.69 Å². The fourth-order valence-electron chi connectivity index (χ4n) is 5.10. The Morgan fingerprint density at radius 2 is 1.66 bits per heavy atom. The van der Waals surface area contributed by atoms with E-state index >= 15 is 0 Å². The van der Waals surface area contributed by atoms with Gasteiger partial charge in [-0.2, -0.15) is 0 Å². The number of nitrogen functional groups attached to an aromatic ring is 1. The Morgan fingerprint density at radius 1 is 1.00 bits per heavy atom. The Labute approximate surface area is 190 Å². The van der Waals surface area contributed by atoms with Crippen LogP contribution in [0.5, 0.6) is 0 Å². The van der Waals surface area contributed by atoms with Crippen molar-refractivity contribution in [1.82, 2.24) is 15.5 Å². The van der Waals surface area contributed by atoms with Gasteiger partial charge in [0, 0.05) is 18.8 Å². The van der Waals surface area contributed by atoms with Crippen molar-refractivity contribution in [2.45, 2.75) is 38.6 Å². The molecule has 2 amide bonds. The summed E-state index contributed by atoms with van der Waals surface area (Å²) in [4.78, 5) is 28.6. The van der Waals surface area contributed by atoms with Crippen molar-refractivity contribution in [3.63, 3.8) is 0 Å². The molecule has 1 atom stereocenters. The van der Waals surface area contributed by atoms with E-state index in [1.165, 1.54) is 12.8 Å². The van der Waals surface area contributed by atoms with E-state index in [-0.39, 0.29) is 11.8 Å². The zero-order valence-electron chi connectivity index (χ0n) is 18.8. The number of nitrogens with one attached hydrogen (secondary N) is 2. The van der Waals surface area contributed by atoms with Gasteiger partial charge >= 0.3 is 0 Å². The number of benzene rings is 2. The number of anilines is 1. The molecule has 170 valence electrons. The minimum atomic E-state index is -0.723. The molecule has 4 rings (SSSR count). The van der Waals surface area contributed by atoms with Gasteiger partial charge in [-0.3, -0.25) is 9.59 Å². The highest BCUT2D eigenvalue weighted by Crippen LogP contribution is 2.32. The largest absolute Gasteiger partial charge is 0.398 e. The topological polar surface area (TPSA) is 87.5 Å². The average molecular weight is 435 g/mol. The molecule has 6 nitrogen and oxygen atoms in total. The average Bonchev–Trinajstić information content (AvgIpc) is 2.84. The van der Waals surface area contributed by atoms with E-state index in [0.717, 1.165) is 56.1 Å². The Kier molecular flexibility index (Phi) is 7.10. The molecule has 0 saturated carbocycles. The fourth-order valence-corrected chi connectivity index (χ4v) is 5.10. The smallest absolute Gasteiger partial charge is 0.254 e. The van der Waals surface area contributed by atoms with Crippen LogP contribution in [0.25, 0.3) is 0 Å². The third-order valence-electron chi connectivity index (χ3n) is 7.01. The molecule has 0 radical (unpaired) electrons. The van der Waals surface area contributed by atoms with Crippen molar-refractivity contribution in [2.24, 2.45) is 11.8 Å². The van der Waals surface area contributed by atoms with Crippen LogP contribution in [0.15, 0.2) is 48.5 Å². The van der Waals surface area contributed by atoms with Crippen LogP contribution in [0.3, 0.4) is 0 Å². The molecule has 32 heavy (non-hydrogen) atoms. The number of nitrogens with zero attached hydrogens (tertiary/aromatic N) is 1. The van der Waals surface area contributed by atoms with Crippen LogP contribution in [-0.4, -0.2) is 42.9 Å². The minimum absolute atomic E-state index is 0.0421. The lowest BCUT2D eigenvalue weighted by Crippen LogP contribution is -2.47. The van der Waals surface area contributed by atoms with Crippen molar-refractivity contribution < 1.29 is 9.59 Å². The first-order chi connectivity index (χ1) is 15.5. The SMILES string of the molecule is Cc1ccc(N)c(C(=O)NC(C(=O)N2CCC(C3CCNCC3)CC2)c2ccccc2)c1. The number of amides is 2. The molecule has 0 aliphatic carbocycles. The molecular formula is C26H34N4O2. The van der Waals surface area contributed by atoms with Crippen LogP contribution < -0.4 is 16.4 Å². The molecule has 2 fully saturated rings. The van der Waals surface area contributed by atoms with Gasteiger partial charge in [0.2, 0.25) is 5.91 Å². The van der Waals surface area contributed by atoms with Crippen LogP contribution in [0, 0.1) is 18.8 Å². The molecule has 2 saturated heterocycles. The number of hydrogen-bond acceptors (Lipinski definition) is 4. The third-order valence-corrected chi connectivity index (χ3v) is 7.01. The fraction of sp³-hybridized carbons (Fsp3) is 0.462. The maximum Gasteiger partial charge on any atom is 0.254 e. The zero-order chi connectivity index (χ0) is 22.5. The summed E-state index contributed by atoms with van der Waals surface area (Å²) in [6.45, 7) is 5.63. The summed E-state index contributed by atoms with van der Waals surface area (Å²) in [6, 6.07) is 14.1. The number of hydrogen-bond donors (Lipinski definition) is 3. The second-order valence-electron chi connectivity index (χ2n) is 9.16. The molecule has 0 bridgehead atoms. The van der Waals surface area contributed by atoms with Gasteiger partial charge in [0.15, 0.2) is 0 Å². The van der Waals surface area contributed by atoms with E-state index in [1.54, 1.807) is 12.1 Å². The quantitative estimate of drug-likeness (QED) is 0.630. The van der Waals surface area contributed by atoms with E-state index in [4.69, 9.17) is 5.73 Å². The Balaban J connectivity index is 1.48.